The van der Waals surface area contributed by atoms with E-state index in [1.54, 1.807) is 4.90 Å². The molecule has 19 heavy (non-hydrogen) atoms. The Hall–Kier alpha value is -0.770. The van der Waals surface area contributed by atoms with Gasteiger partial charge in [0.25, 0.3) is 0 Å². The SMILES string of the molecule is CN(C(=O)OC(C)(C)C)C1CC(C)(C)NC(C)(C)C1. The van der Waals surface area contributed by atoms with Gasteiger partial charge in [-0.25, -0.2) is 4.79 Å². The second-order valence-corrected chi connectivity index (χ2v) is 8.05. The number of amides is 1. The van der Waals surface area contributed by atoms with E-state index in [1.807, 2.05) is 27.8 Å². The van der Waals surface area contributed by atoms with E-state index in [2.05, 4.69) is 33.0 Å². The highest BCUT2D eigenvalue weighted by Gasteiger charge is 2.40. The molecule has 0 unspecified atom stereocenters. The molecule has 0 atom stereocenters. The Kier molecular flexibility index (Phi) is 4.26. The first-order valence-corrected chi connectivity index (χ1v) is 7.06. The number of hydrogen-bond donors (Lipinski definition) is 1. The summed E-state index contributed by atoms with van der Waals surface area (Å²) >= 11 is 0. The predicted molar refractivity (Wildman–Crippen MR) is 78.3 cm³/mol. The van der Waals surface area contributed by atoms with E-state index < -0.39 is 5.60 Å². The summed E-state index contributed by atoms with van der Waals surface area (Å²) in [5.41, 5.74) is -0.380. The summed E-state index contributed by atoms with van der Waals surface area (Å²) in [5, 5.41) is 3.63. The van der Waals surface area contributed by atoms with Crippen molar-refractivity contribution in [1.82, 2.24) is 10.2 Å². The summed E-state index contributed by atoms with van der Waals surface area (Å²) in [5.74, 6) is 0. The number of ether oxygens (including phenoxy) is 1. The normalized spacial score (nSPS) is 22.9. The fraction of sp³-hybridized carbons (Fsp3) is 0.933. The van der Waals surface area contributed by atoms with Crippen LogP contribution >= 0.6 is 0 Å². The third-order valence-electron chi connectivity index (χ3n) is 3.40. The van der Waals surface area contributed by atoms with Gasteiger partial charge in [-0.05, 0) is 61.3 Å². The first-order valence-electron chi connectivity index (χ1n) is 7.06. The van der Waals surface area contributed by atoms with Gasteiger partial charge in [-0.3, -0.25) is 0 Å². The van der Waals surface area contributed by atoms with Gasteiger partial charge >= 0.3 is 6.09 Å². The van der Waals surface area contributed by atoms with Crippen LogP contribution in [0.4, 0.5) is 4.79 Å². The van der Waals surface area contributed by atoms with Crippen molar-refractivity contribution in [3.8, 4) is 0 Å². The molecule has 1 rings (SSSR count). The molecule has 112 valence electrons. The molecule has 0 aromatic rings. The minimum absolute atomic E-state index is 0.0304. The molecule has 0 spiro atoms. The number of nitrogens with one attached hydrogen (secondary N) is 1. The zero-order chi connectivity index (χ0) is 15.1. The lowest BCUT2D eigenvalue weighted by atomic mass is 9.79. The second kappa shape index (κ2) is 4.97. The van der Waals surface area contributed by atoms with Crippen LogP contribution in [0.3, 0.4) is 0 Å². The summed E-state index contributed by atoms with van der Waals surface area (Å²) in [6.07, 6.45) is 1.64. The predicted octanol–water partition coefficient (Wildman–Crippen LogP) is 3.16. The first kappa shape index (κ1) is 16.3. The zero-order valence-electron chi connectivity index (χ0n) is 13.8. The molecule has 0 aromatic carbocycles. The molecule has 1 aliphatic rings. The Morgan fingerprint density at radius 2 is 1.58 bits per heavy atom. The average molecular weight is 270 g/mol. The second-order valence-electron chi connectivity index (χ2n) is 8.05. The van der Waals surface area contributed by atoms with Gasteiger partial charge in [-0.1, -0.05) is 0 Å². The summed E-state index contributed by atoms with van der Waals surface area (Å²) < 4.78 is 5.46. The number of nitrogens with zero attached hydrogens (tertiary/aromatic N) is 1. The highest BCUT2D eigenvalue weighted by atomic mass is 16.6. The van der Waals surface area contributed by atoms with Gasteiger partial charge in [-0.2, -0.15) is 0 Å². The van der Waals surface area contributed by atoms with E-state index in [-0.39, 0.29) is 23.2 Å². The minimum atomic E-state index is -0.441. The molecule has 0 aliphatic carbocycles. The smallest absolute Gasteiger partial charge is 0.410 e. The van der Waals surface area contributed by atoms with Crippen molar-refractivity contribution in [2.75, 3.05) is 7.05 Å². The average Bonchev–Trinajstić information content (AvgIpc) is 2.08. The quantitative estimate of drug-likeness (QED) is 0.795. The van der Waals surface area contributed by atoms with Crippen LogP contribution in [0.1, 0.15) is 61.3 Å². The van der Waals surface area contributed by atoms with Crippen molar-refractivity contribution in [1.29, 1.82) is 0 Å². The van der Waals surface area contributed by atoms with Gasteiger partial charge in [0.05, 0.1) is 0 Å². The van der Waals surface area contributed by atoms with Crippen molar-refractivity contribution in [3.05, 3.63) is 0 Å². The molecule has 4 heteroatoms. The van der Waals surface area contributed by atoms with Gasteiger partial charge < -0.3 is 15.0 Å². The van der Waals surface area contributed by atoms with Crippen LogP contribution in [0.2, 0.25) is 0 Å². The van der Waals surface area contributed by atoms with Crippen LogP contribution in [0.25, 0.3) is 0 Å². The molecule has 1 aliphatic heterocycles. The number of hydrogen-bond acceptors (Lipinski definition) is 3. The van der Waals surface area contributed by atoms with Gasteiger partial charge in [0.1, 0.15) is 5.60 Å². The van der Waals surface area contributed by atoms with Gasteiger partial charge in [0.2, 0.25) is 0 Å². The fourth-order valence-electron chi connectivity index (χ4n) is 3.03. The van der Waals surface area contributed by atoms with Crippen molar-refractivity contribution >= 4 is 6.09 Å². The number of piperidine rings is 1. The molecular formula is C15H30N2O2. The minimum Gasteiger partial charge on any atom is -0.444 e. The lowest BCUT2D eigenvalue weighted by molar-refractivity contribution is 0.00796. The van der Waals surface area contributed by atoms with Crippen molar-refractivity contribution in [2.45, 2.75) is 84.0 Å². The largest absolute Gasteiger partial charge is 0.444 e. The number of carbonyl (C=O) groups excluding carboxylic acids is 1. The topological polar surface area (TPSA) is 41.6 Å². The maximum absolute atomic E-state index is 12.2. The molecule has 1 saturated heterocycles. The van der Waals surface area contributed by atoms with E-state index in [9.17, 15) is 4.79 Å². The summed E-state index contributed by atoms with van der Waals surface area (Å²) in [6.45, 7) is 14.4. The summed E-state index contributed by atoms with van der Waals surface area (Å²) in [4.78, 5) is 13.9. The van der Waals surface area contributed by atoms with Gasteiger partial charge in [0, 0.05) is 24.2 Å². The lowest BCUT2D eigenvalue weighted by Gasteiger charge is -2.48. The summed E-state index contributed by atoms with van der Waals surface area (Å²) in [7, 11) is 1.84. The maximum atomic E-state index is 12.2. The van der Waals surface area contributed by atoms with Crippen LogP contribution in [-0.4, -0.2) is 40.8 Å². The number of carbonyl (C=O) groups is 1. The van der Waals surface area contributed by atoms with Crippen molar-refractivity contribution in [3.63, 3.8) is 0 Å². The van der Waals surface area contributed by atoms with Crippen LogP contribution in [0.15, 0.2) is 0 Å². The fourth-order valence-corrected chi connectivity index (χ4v) is 3.03. The Morgan fingerprint density at radius 3 is 1.95 bits per heavy atom. The molecule has 4 nitrogen and oxygen atoms in total. The lowest BCUT2D eigenvalue weighted by Crippen LogP contribution is -2.62. The maximum Gasteiger partial charge on any atom is 0.410 e. The monoisotopic (exact) mass is 270 g/mol. The standard InChI is InChI=1S/C15H30N2O2/c1-13(2,3)19-12(18)17(8)11-9-14(4,5)16-15(6,7)10-11/h11,16H,9-10H2,1-8H3. The molecule has 0 radical (unpaired) electrons. The van der Waals surface area contributed by atoms with Crippen LogP contribution in [-0.2, 0) is 4.74 Å². The van der Waals surface area contributed by atoms with E-state index >= 15 is 0 Å². The van der Waals surface area contributed by atoms with Crippen molar-refractivity contribution in [2.24, 2.45) is 0 Å². The third-order valence-corrected chi connectivity index (χ3v) is 3.40. The van der Waals surface area contributed by atoms with E-state index in [1.165, 1.54) is 0 Å². The highest BCUT2D eigenvalue weighted by molar-refractivity contribution is 5.68. The Balaban J connectivity index is 2.76. The molecular weight excluding hydrogens is 240 g/mol. The molecule has 1 N–H and O–H groups in total. The van der Waals surface area contributed by atoms with Crippen LogP contribution in [0.5, 0.6) is 0 Å². The Morgan fingerprint density at radius 1 is 1.16 bits per heavy atom. The van der Waals surface area contributed by atoms with E-state index in [0.29, 0.717) is 0 Å². The molecule has 1 amide bonds. The third kappa shape index (κ3) is 5.01. The van der Waals surface area contributed by atoms with E-state index in [0.717, 1.165) is 12.8 Å². The molecule has 1 heterocycles. The molecule has 0 saturated carbocycles. The Bertz CT molecular complexity index is 327. The van der Waals surface area contributed by atoms with Crippen molar-refractivity contribution < 1.29 is 9.53 Å². The highest BCUT2D eigenvalue weighted by Crippen LogP contribution is 2.31. The van der Waals surface area contributed by atoms with E-state index in [4.69, 9.17) is 4.74 Å². The van der Waals surface area contributed by atoms with Gasteiger partial charge in [-0.15, -0.1) is 0 Å². The Labute approximate surface area is 117 Å². The summed E-state index contributed by atoms with van der Waals surface area (Å²) in [6, 6.07) is 0.209. The van der Waals surface area contributed by atoms with Crippen LogP contribution < -0.4 is 5.32 Å². The molecule has 1 fully saturated rings. The first-order chi connectivity index (χ1) is 8.31. The molecule has 0 bridgehead atoms. The molecule has 0 aromatic heterocycles. The van der Waals surface area contributed by atoms with Crippen LogP contribution in [0, 0.1) is 0 Å². The number of rotatable bonds is 1. The zero-order valence-corrected chi connectivity index (χ0v) is 13.8. The van der Waals surface area contributed by atoms with Gasteiger partial charge in [0.15, 0.2) is 0 Å².